The van der Waals surface area contributed by atoms with Crippen LogP contribution in [0.15, 0.2) is 24.3 Å². The maximum Gasteiger partial charge on any atom is 0.323 e. The summed E-state index contributed by atoms with van der Waals surface area (Å²) in [6.45, 7) is 2.92. The van der Waals surface area contributed by atoms with Gasteiger partial charge in [0.1, 0.15) is 0 Å². The van der Waals surface area contributed by atoms with Crippen molar-refractivity contribution in [2.75, 3.05) is 24.0 Å². The molecule has 0 aliphatic heterocycles. The van der Waals surface area contributed by atoms with Gasteiger partial charge in [-0.1, -0.05) is 23.7 Å². The lowest BCUT2D eigenvalue weighted by atomic mass is 10.2. The van der Waals surface area contributed by atoms with Crippen LogP contribution < -0.4 is 20.9 Å². The largest absolute Gasteiger partial charge is 0.464 e. The number of rotatable bonds is 6. The second-order valence-electron chi connectivity index (χ2n) is 4.30. The molecule has 0 aliphatic rings. The van der Waals surface area contributed by atoms with Crippen molar-refractivity contribution in [3.8, 4) is 6.01 Å². The first kappa shape index (κ1) is 15.3. The van der Waals surface area contributed by atoms with Crippen LogP contribution in [0, 0.1) is 0 Å². The number of nitrogens with zero attached hydrogens (tertiary/aromatic N) is 4. The molecule has 0 radical (unpaired) electrons. The number of hydrazine groups is 1. The van der Waals surface area contributed by atoms with Crippen molar-refractivity contribution in [1.29, 1.82) is 0 Å². The van der Waals surface area contributed by atoms with Gasteiger partial charge < -0.3 is 9.64 Å². The lowest BCUT2D eigenvalue weighted by Crippen LogP contribution is -2.21. The average molecular weight is 309 g/mol. The molecule has 0 fully saturated rings. The van der Waals surface area contributed by atoms with E-state index in [-0.39, 0.29) is 12.0 Å². The number of hydrogen-bond donors (Lipinski definition) is 2. The molecule has 3 N–H and O–H groups in total. The SMILES string of the molecule is CCOc1nc(NN)nc(N(C)Cc2cccc(Cl)c2)n1. The zero-order chi connectivity index (χ0) is 15.2. The summed E-state index contributed by atoms with van der Waals surface area (Å²) in [5, 5.41) is 0.691. The number of anilines is 2. The van der Waals surface area contributed by atoms with Gasteiger partial charge >= 0.3 is 6.01 Å². The van der Waals surface area contributed by atoms with Gasteiger partial charge in [-0.3, -0.25) is 5.43 Å². The second kappa shape index (κ2) is 7.05. The summed E-state index contributed by atoms with van der Waals surface area (Å²) in [4.78, 5) is 14.3. The Kier molecular flexibility index (Phi) is 5.13. The minimum atomic E-state index is 0.230. The fraction of sp³-hybridized carbons (Fsp3) is 0.308. The Morgan fingerprint density at radius 1 is 1.33 bits per heavy atom. The molecule has 1 aromatic carbocycles. The molecule has 2 rings (SSSR count). The van der Waals surface area contributed by atoms with E-state index in [1.807, 2.05) is 43.1 Å². The number of halogens is 1. The van der Waals surface area contributed by atoms with E-state index in [1.165, 1.54) is 0 Å². The molecule has 112 valence electrons. The molecular weight excluding hydrogens is 292 g/mol. The number of nitrogens with two attached hydrogens (primary N) is 1. The first-order chi connectivity index (χ1) is 10.1. The minimum Gasteiger partial charge on any atom is -0.464 e. The number of aromatic nitrogens is 3. The van der Waals surface area contributed by atoms with Crippen molar-refractivity contribution in [2.24, 2.45) is 5.84 Å². The van der Waals surface area contributed by atoms with Crippen molar-refractivity contribution in [1.82, 2.24) is 15.0 Å². The lowest BCUT2D eigenvalue weighted by Gasteiger charge is -2.18. The van der Waals surface area contributed by atoms with Gasteiger partial charge in [0, 0.05) is 18.6 Å². The Morgan fingerprint density at radius 3 is 2.81 bits per heavy atom. The molecule has 0 saturated heterocycles. The maximum atomic E-state index is 5.98. The molecule has 8 heteroatoms. The number of nitrogens with one attached hydrogen (secondary N) is 1. The van der Waals surface area contributed by atoms with Gasteiger partial charge in [0.25, 0.3) is 0 Å². The summed E-state index contributed by atoms with van der Waals surface area (Å²) in [5.41, 5.74) is 3.45. The highest BCUT2D eigenvalue weighted by Crippen LogP contribution is 2.17. The monoisotopic (exact) mass is 308 g/mol. The Bertz CT molecular complexity index is 609. The van der Waals surface area contributed by atoms with Crippen LogP contribution in [0.1, 0.15) is 12.5 Å². The third-order valence-corrected chi connectivity index (χ3v) is 2.89. The van der Waals surface area contributed by atoms with Gasteiger partial charge in [0.2, 0.25) is 11.9 Å². The molecule has 1 aromatic heterocycles. The van der Waals surface area contributed by atoms with Gasteiger partial charge in [0.05, 0.1) is 6.61 Å². The van der Waals surface area contributed by atoms with Crippen molar-refractivity contribution in [3.05, 3.63) is 34.9 Å². The van der Waals surface area contributed by atoms with E-state index in [4.69, 9.17) is 22.2 Å². The van der Waals surface area contributed by atoms with Crippen LogP contribution in [-0.4, -0.2) is 28.6 Å². The fourth-order valence-corrected chi connectivity index (χ4v) is 1.97. The second-order valence-corrected chi connectivity index (χ2v) is 4.74. The molecule has 0 saturated carbocycles. The Morgan fingerprint density at radius 2 is 2.14 bits per heavy atom. The molecule has 7 nitrogen and oxygen atoms in total. The Balaban J connectivity index is 2.21. The number of nitrogen functional groups attached to an aromatic ring is 1. The Hall–Kier alpha value is -2.12. The summed E-state index contributed by atoms with van der Waals surface area (Å²) in [6.07, 6.45) is 0. The number of benzene rings is 1. The Labute approximate surface area is 128 Å². The third kappa shape index (κ3) is 4.17. The molecular formula is C13H17ClN6O. The van der Waals surface area contributed by atoms with Crippen molar-refractivity contribution >= 4 is 23.5 Å². The van der Waals surface area contributed by atoms with E-state index < -0.39 is 0 Å². The molecule has 0 aliphatic carbocycles. The predicted molar refractivity (Wildman–Crippen MR) is 82.4 cm³/mol. The molecule has 0 spiro atoms. The highest BCUT2D eigenvalue weighted by atomic mass is 35.5. The van der Waals surface area contributed by atoms with Crippen LogP contribution in [0.5, 0.6) is 6.01 Å². The summed E-state index contributed by atoms with van der Waals surface area (Å²) in [5.74, 6) is 6.07. The molecule has 0 unspecified atom stereocenters. The van der Waals surface area contributed by atoms with Gasteiger partial charge in [-0.2, -0.15) is 15.0 Å². The van der Waals surface area contributed by atoms with Crippen LogP contribution in [-0.2, 0) is 6.54 Å². The van der Waals surface area contributed by atoms with Gasteiger partial charge in [-0.25, -0.2) is 5.84 Å². The molecule has 21 heavy (non-hydrogen) atoms. The van der Waals surface area contributed by atoms with E-state index in [2.05, 4.69) is 20.4 Å². The van der Waals surface area contributed by atoms with Crippen molar-refractivity contribution in [3.63, 3.8) is 0 Å². The highest BCUT2D eigenvalue weighted by molar-refractivity contribution is 6.30. The van der Waals surface area contributed by atoms with Crippen LogP contribution in [0.3, 0.4) is 0 Å². The average Bonchev–Trinajstić information content (AvgIpc) is 2.47. The fourth-order valence-electron chi connectivity index (χ4n) is 1.75. The van der Waals surface area contributed by atoms with E-state index in [1.54, 1.807) is 0 Å². The molecule has 2 aromatic rings. The first-order valence-electron chi connectivity index (χ1n) is 6.43. The van der Waals surface area contributed by atoms with E-state index in [9.17, 15) is 0 Å². The van der Waals surface area contributed by atoms with Crippen molar-refractivity contribution < 1.29 is 4.74 Å². The predicted octanol–water partition coefficient (Wildman–Crippen LogP) is 1.85. The maximum absolute atomic E-state index is 5.98. The van der Waals surface area contributed by atoms with Crippen LogP contribution in [0.25, 0.3) is 0 Å². The topological polar surface area (TPSA) is 89.2 Å². The first-order valence-corrected chi connectivity index (χ1v) is 6.81. The summed E-state index contributed by atoms with van der Waals surface area (Å²) in [6, 6.07) is 7.84. The standard InChI is InChI=1S/C13H17ClN6O/c1-3-21-13-17-11(19-15)16-12(18-13)20(2)8-9-5-4-6-10(14)7-9/h4-7H,3,8,15H2,1-2H3,(H,16,17,18,19). The molecule has 0 bridgehead atoms. The summed E-state index contributed by atoms with van der Waals surface area (Å²) >= 11 is 5.98. The van der Waals surface area contributed by atoms with E-state index >= 15 is 0 Å². The van der Waals surface area contributed by atoms with Gasteiger partial charge in [-0.15, -0.1) is 0 Å². The lowest BCUT2D eigenvalue weighted by molar-refractivity contribution is 0.312. The zero-order valence-corrected chi connectivity index (χ0v) is 12.6. The molecule has 0 amide bonds. The summed E-state index contributed by atoms with van der Waals surface area (Å²) in [7, 11) is 1.87. The normalized spacial score (nSPS) is 10.3. The quantitative estimate of drug-likeness (QED) is 0.621. The number of hydrogen-bond acceptors (Lipinski definition) is 7. The van der Waals surface area contributed by atoms with Crippen LogP contribution in [0.2, 0.25) is 5.02 Å². The number of ether oxygens (including phenoxy) is 1. The molecule has 1 heterocycles. The third-order valence-electron chi connectivity index (χ3n) is 2.66. The van der Waals surface area contributed by atoms with Crippen LogP contribution >= 0.6 is 11.6 Å². The van der Waals surface area contributed by atoms with Gasteiger partial charge in [0.15, 0.2) is 0 Å². The highest BCUT2D eigenvalue weighted by Gasteiger charge is 2.11. The van der Waals surface area contributed by atoms with E-state index in [0.717, 1.165) is 5.56 Å². The smallest absolute Gasteiger partial charge is 0.323 e. The molecule has 0 atom stereocenters. The van der Waals surface area contributed by atoms with Gasteiger partial charge in [-0.05, 0) is 24.6 Å². The van der Waals surface area contributed by atoms with E-state index in [0.29, 0.717) is 24.1 Å². The zero-order valence-electron chi connectivity index (χ0n) is 11.9. The van der Waals surface area contributed by atoms with Crippen molar-refractivity contribution in [2.45, 2.75) is 13.5 Å². The summed E-state index contributed by atoms with van der Waals surface area (Å²) < 4.78 is 5.30. The van der Waals surface area contributed by atoms with Crippen LogP contribution in [0.4, 0.5) is 11.9 Å². The minimum absolute atomic E-state index is 0.230.